The molecule has 0 saturated heterocycles. The minimum atomic E-state index is 0.290. The van der Waals surface area contributed by atoms with Crippen LogP contribution in [0.4, 0.5) is 0 Å². The van der Waals surface area contributed by atoms with Crippen molar-refractivity contribution in [2.24, 2.45) is 0 Å². The maximum absolute atomic E-state index is 9.63. The van der Waals surface area contributed by atoms with Gasteiger partial charge in [0.2, 0.25) is 0 Å². The summed E-state index contributed by atoms with van der Waals surface area (Å²) >= 11 is 6.88. The Balaban J connectivity index is 2.29. The van der Waals surface area contributed by atoms with Gasteiger partial charge >= 0.3 is 0 Å². The number of hydrogen-bond acceptors (Lipinski definition) is 1. The summed E-state index contributed by atoms with van der Waals surface area (Å²) in [6, 6.07) is 13.3. The molecule has 0 saturated carbocycles. The molecular formula is C14H10Br2O. The van der Waals surface area contributed by atoms with E-state index in [1.807, 2.05) is 48.6 Å². The molecule has 0 atom stereocenters. The van der Waals surface area contributed by atoms with Gasteiger partial charge in [-0.15, -0.1) is 0 Å². The van der Waals surface area contributed by atoms with E-state index in [4.69, 9.17) is 0 Å². The Morgan fingerprint density at radius 2 is 1.53 bits per heavy atom. The highest BCUT2D eigenvalue weighted by atomic mass is 79.9. The summed E-state index contributed by atoms with van der Waals surface area (Å²) in [5, 5.41) is 9.63. The molecule has 1 N–H and O–H groups in total. The molecule has 2 aromatic carbocycles. The van der Waals surface area contributed by atoms with Crippen LogP contribution >= 0.6 is 31.9 Å². The van der Waals surface area contributed by atoms with Gasteiger partial charge in [-0.3, -0.25) is 0 Å². The number of phenols is 1. The van der Waals surface area contributed by atoms with Gasteiger partial charge in [0.15, 0.2) is 0 Å². The number of para-hydroxylation sites is 1. The maximum Gasteiger partial charge on any atom is 0.122 e. The van der Waals surface area contributed by atoms with E-state index < -0.39 is 0 Å². The quantitative estimate of drug-likeness (QED) is 0.745. The first-order chi connectivity index (χ1) is 8.15. The van der Waals surface area contributed by atoms with Crippen molar-refractivity contribution in [3.05, 3.63) is 62.5 Å². The molecule has 2 aromatic rings. The molecule has 0 aliphatic heterocycles. The lowest BCUT2D eigenvalue weighted by atomic mass is 10.1. The highest BCUT2D eigenvalue weighted by molar-refractivity contribution is 9.11. The lowest BCUT2D eigenvalue weighted by Crippen LogP contribution is -1.76. The first kappa shape index (κ1) is 12.4. The summed E-state index contributed by atoms with van der Waals surface area (Å²) in [7, 11) is 0. The minimum Gasteiger partial charge on any atom is -0.507 e. The van der Waals surface area contributed by atoms with Gasteiger partial charge in [0.25, 0.3) is 0 Å². The van der Waals surface area contributed by atoms with Crippen molar-refractivity contribution in [3.8, 4) is 5.75 Å². The highest BCUT2D eigenvalue weighted by Gasteiger charge is 1.96. The number of phenolic OH excluding ortho intramolecular Hbond substituents is 1. The normalized spacial score (nSPS) is 10.9. The van der Waals surface area contributed by atoms with Crippen molar-refractivity contribution in [2.75, 3.05) is 0 Å². The number of halogens is 2. The van der Waals surface area contributed by atoms with E-state index in [0.717, 1.165) is 20.1 Å². The standard InChI is InChI=1S/C14H10Br2O/c15-12-7-10(8-13(16)9-12)5-6-11-3-1-2-4-14(11)17/h1-9,17H. The monoisotopic (exact) mass is 352 g/mol. The molecule has 86 valence electrons. The molecule has 0 bridgehead atoms. The second-order valence-electron chi connectivity index (χ2n) is 3.59. The number of rotatable bonds is 2. The van der Waals surface area contributed by atoms with Gasteiger partial charge < -0.3 is 5.11 Å². The van der Waals surface area contributed by atoms with Crippen LogP contribution in [0.15, 0.2) is 51.4 Å². The SMILES string of the molecule is Oc1ccccc1C=Cc1cc(Br)cc(Br)c1. The molecule has 17 heavy (non-hydrogen) atoms. The number of benzene rings is 2. The van der Waals surface area contributed by atoms with Crippen LogP contribution in [-0.4, -0.2) is 5.11 Å². The fraction of sp³-hybridized carbons (Fsp3) is 0. The van der Waals surface area contributed by atoms with Gasteiger partial charge in [-0.2, -0.15) is 0 Å². The molecule has 0 radical (unpaired) electrons. The molecule has 0 heterocycles. The second-order valence-corrected chi connectivity index (χ2v) is 5.43. The van der Waals surface area contributed by atoms with Crippen LogP contribution in [0.3, 0.4) is 0 Å². The molecule has 2 rings (SSSR count). The average molecular weight is 354 g/mol. The molecular weight excluding hydrogens is 344 g/mol. The Kier molecular flexibility index (Phi) is 4.02. The van der Waals surface area contributed by atoms with Gasteiger partial charge in [-0.05, 0) is 29.8 Å². The van der Waals surface area contributed by atoms with Crippen molar-refractivity contribution in [2.45, 2.75) is 0 Å². The van der Waals surface area contributed by atoms with Crippen molar-refractivity contribution in [1.29, 1.82) is 0 Å². The van der Waals surface area contributed by atoms with Crippen molar-refractivity contribution >= 4 is 44.0 Å². The highest BCUT2D eigenvalue weighted by Crippen LogP contribution is 2.23. The minimum absolute atomic E-state index is 0.290. The molecule has 0 aromatic heterocycles. The third-order valence-electron chi connectivity index (χ3n) is 2.28. The second kappa shape index (κ2) is 5.52. The van der Waals surface area contributed by atoms with E-state index in [2.05, 4.69) is 31.9 Å². The van der Waals surface area contributed by atoms with Gasteiger partial charge in [-0.25, -0.2) is 0 Å². The maximum atomic E-state index is 9.63. The van der Waals surface area contributed by atoms with E-state index in [9.17, 15) is 5.11 Å². The van der Waals surface area contributed by atoms with E-state index in [1.165, 1.54) is 0 Å². The van der Waals surface area contributed by atoms with Crippen LogP contribution in [0.1, 0.15) is 11.1 Å². The zero-order valence-corrected chi connectivity index (χ0v) is 12.1. The summed E-state index contributed by atoms with van der Waals surface area (Å²) in [5.74, 6) is 0.290. The van der Waals surface area contributed by atoms with Crippen molar-refractivity contribution < 1.29 is 5.11 Å². The molecule has 1 nitrogen and oxygen atoms in total. The first-order valence-corrected chi connectivity index (χ1v) is 6.66. The molecule has 0 fully saturated rings. The average Bonchev–Trinajstić information content (AvgIpc) is 2.27. The number of hydrogen-bond donors (Lipinski definition) is 1. The Bertz CT molecular complexity index is 542. The van der Waals surface area contributed by atoms with Crippen molar-refractivity contribution in [1.82, 2.24) is 0 Å². The predicted molar refractivity (Wildman–Crippen MR) is 78.9 cm³/mol. The van der Waals surface area contributed by atoms with Crippen molar-refractivity contribution in [3.63, 3.8) is 0 Å². The van der Waals surface area contributed by atoms with Crippen LogP contribution in [0, 0.1) is 0 Å². The Morgan fingerprint density at radius 3 is 2.18 bits per heavy atom. The summed E-state index contributed by atoms with van der Waals surface area (Å²) in [6.45, 7) is 0. The fourth-order valence-electron chi connectivity index (χ4n) is 1.49. The van der Waals surface area contributed by atoms with E-state index in [0.29, 0.717) is 0 Å². The topological polar surface area (TPSA) is 20.2 Å². The molecule has 0 aliphatic carbocycles. The summed E-state index contributed by atoms with van der Waals surface area (Å²) in [4.78, 5) is 0. The Labute approximate surface area is 117 Å². The van der Waals surface area contributed by atoms with Crippen LogP contribution < -0.4 is 0 Å². The Morgan fingerprint density at radius 1 is 0.882 bits per heavy atom. The fourth-order valence-corrected chi connectivity index (χ4v) is 2.81. The van der Waals surface area contributed by atoms with Crippen LogP contribution in [0.25, 0.3) is 12.2 Å². The predicted octanol–water partition coefficient (Wildman–Crippen LogP) is 5.09. The largest absolute Gasteiger partial charge is 0.507 e. The van der Waals surface area contributed by atoms with Crippen LogP contribution in [0.5, 0.6) is 5.75 Å². The molecule has 0 aliphatic rings. The third-order valence-corrected chi connectivity index (χ3v) is 3.19. The third kappa shape index (κ3) is 3.45. The molecule has 0 spiro atoms. The van der Waals surface area contributed by atoms with Crippen LogP contribution in [0.2, 0.25) is 0 Å². The van der Waals surface area contributed by atoms with Crippen LogP contribution in [-0.2, 0) is 0 Å². The Hall–Kier alpha value is -1.06. The molecule has 3 heteroatoms. The summed E-state index contributed by atoms with van der Waals surface area (Å²) in [5.41, 5.74) is 1.87. The molecule has 0 amide bonds. The molecule has 0 unspecified atom stereocenters. The van der Waals surface area contributed by atoms with Gasteiger partial charge in [0, 0.05) is 14.5 Å². The van der Waals surface area contributed by atoms with Gasteiger partial charge in [0.1, 0.15) is 5.75 Å². The summed E-state index contributed by atoms with van der Waals surface area (Å²) in [6.07, 6.45) is 3.86. The van der Waals surface area contributed by atoms with E-state index in [-0.39, 0.29) is 5.75 Å². The number of aromatic hydroxyl groups is 1. The first-order valence-electron chi connectivity index (χ1n) is 5.07. The lowest BCUT2D eigenvalue weighted by molar-refractivity contribution is 0.474. The van der Waals surface area contributed by atoms with Gasteiger partial charge in [0.05, 0.1) is 0 Å². The van der Waals surface area contributed by atoms with Gasteiger partial charge in [-0.1, -0.05) is 62.2 Å². The smallest absolute Gasteiger partial charge is 0.122 e. The van der Waals surface area contributed by atoms with E-state index >= 15 is 0 Å². The zero-order chi connectivity index (χ0) is 12.3. The lowest BCUT2D eigenvalue weighted by Gasteiger charge is -1.99. The van der Waals surface area contributed by atoms with E-state index in [1.54, 1.807) is 6.07 Å². The zero-order valence-electron chi connectivity index (χ0n) is 8.90. The summed E-state index contributed by atoms with van der Waals surface area (Å²) < 4.78 is 2.03.